The summed E-state index contributed by atoms with van der Waals surface area (Å²) in [6, 6.07) is 3.43. The molecule has 6 rings (SSSR count). The zero-order valence-corrected chi connectivity index (χ0v) is 18.4. The molecule has 1 amide bonds. The lowest BCUT2D eigenvalue weighted by molar-refractivity contribution is -0.180. The number of carbonyl (C=O) groups excluding carboxylic acids is 1. The number of piperazine rings is 1. The van der Waals surface area contributed by atoms with Crippen LogP contribution in [-0.2, 0) is 14.8 Å². The molecule has 4 saturated carbocycles. The molecule has 5 nitrogen and oxygen atoms in total. The van der Waals surface area contributed by atoms with Crippen molar-refractivity contribution in [2.45, 2.75) is 56.6 Å². The van der Waals surface area contributed by atoms with E-state index in [0.717, 1.165) is 19.3 Å². The fourth-order valence-electron chi connectivity index (χ4n) is 7.69. The lowest BCUT2D eigenvalue weighted by Crippen LogP contribution is -2.62. The van der Waals surface area contributed by atoms with Gasteiger partial charge in [-0.25, -0.2) is 8.42 Å². The molecule has 4 aliphatic carbocycles. The number of hydrogen-bond donors (Lipinski definition) is 0. The molecule has 7 heteroatoms. The number of carbonyl (C=O) groups is 1. The van der Waals surface area contributed by atoms with Gasteiger partial charge < -0.3 is 4.90 Å². The summed E-state index contributed by atoms with van der Waals surface area (Å²) in [5.41, 5.74) is 0.431. The Morgan fingerprint density at radius 1 is 1.04 bits per heavy atom. The summed E-state index contributed by atoms with van der Waals surface area (Å²) in [6.07, 6.45) is 6.93. The summed E-state index contributed by atoms with van der Waals surface area (Å²) in [5.74, 6) is 0.998. The number of amides is 1. The number of nitrogens with zero attached hydrogens (tertiary/aromatic N) is 2. The van der Waals surface area contributed by atoms with Crippen molar-refractivity contribution in [3.63, 3.8) is 0 Å². The highest BCUT2D eigenvalue weighted by Crippen LogP contribution is 2.69. The van der Waals surface area contributed by atoms with Crippen molar-refractivity contribution in [2.75, 3.05) is 26.2 Å². The second-order valence-electron chi connectivity index (χ2n) is 10.5. The van der Waals surface area contributed by atoms with Crippen LogP contribution in [0.25, 0.3) is 0 Å². The zero-order valence-electron chi connectivity index (χ0n) is 16.8. The van der Waals surface area contributed by atoms with Crippen LogP contribution in [0.3, 0.4) is 0 Å². The molecule has 1 saturated heterocycles. The first-order valence-electron chi connectivity index (χ1n) is 10.5. The molecule has 0 spiro atoms. The van der Waals surface area contributed by atoms with E-state index in [1.54, 1.807) is 21.8 Å². The monoisotopic (exact) mass is 422 g/mol. The fraction of sp³-hybridized carbons (Fsp3) is 0.762. The van der Waals surface area contributed by atoms with Crippen LogP contribution in [-0.4, -0.2) is 49.7 Å². The lowest BCUT2D eigenvalue weighted by atomic mass is 9.40. The summed E-state index contributed by atoms with van der Waals surface area (Å²) in [6.45, 7) is 6.62. The van der Waals surface area contributed by atoms with Crippen LogP contribution >= 0.6 is 11.3 Å². The maximum atomic E-state index is 13.7. The van der Waals surface area contributed by atoms with E-state index in [1.807, 2.05) is 4.90 Å². The van der Waals surface area contributed by atoms with E-state index in [9.17, 15) is 13.2 Å². The highest BCUT2D eigenvalue weighted by atomic mass is 32.2. The fourth-order valence-corrected chi connectivity index (χ4v) is 10.3. The standard InChI is InChI=1S/C21H30N2O3S2/c1-19-10-16-11-20(2,13-19)15-21(12-16,14-19)18(24)22-5-7-23(8-6-22)28(25,26)17-4-3-9-27-17/h3-4,9,16H,5-8,10-15H2,1-2H3/t16?,19-,20+,21?. The topological polar surface area (TPSA) is 57.7 Å². The molecular formula is C21H30N2O3S2. The third-order valence-electron chi connectivity index (χ3n) is 7.69. The minimum atomic E-state index is -3.42. The third-order valence-corrected chi connectivity index (χ3v) is 11.0. The Balaban J connectivity index is 1.32. The van der Waals surface area contributed by atoms with Gasteiger partial charge in [0.15, 0.2) is 0 Å². The van der Waals surface area contributed by atoms with Gasteiger partial charge in [0.05, 0.1) is 5.41 Å². The van der Waals surface area contributed by atoms with Crippen LogP contribution in [0, 0.1) is 22.2 Å². The van der Waals surface area contributed by atoms with Gasteiger partial charge in [0, 0.05) is 26.2 Å². The first kappa shape index (κ1) is 19.1. The van der Waals surface area contributed by atoms with Gasteiger partial charge in [-0.05, 0) is 66.7 Å². The molecule has 0 radical (unpaired) electrons. The normalized spacial score (nSPS) is 40.8. The van der Waals surface area contributed by atoms with Crippen LogP contribution in [0.4, 0.5) is 0 Å². The molecule has 4 atom stereocenters. The molecule has 5 fully saturated rings. The molecular weight excluding hydrogens is 392 g/mol. The Bertz CT molecular complexity index is 869. The van der Waals surface area contributed by atoms with Gasteiger partial charge in [-0.1, -0.05) is 19.9 Å². The summed E-state index contributed by atoms with van der Waals surface area (Å²) in [4.78, 5) is 15.7. The molecule has 4 bridgehead atoms. The molecule has 28 heavy (non-hydrogen) atoms. The van der Waals surface area contributed by atoms with Crippen LogP contribution < -0.4 is 0 Å². The minimum Gasteiger partial charge on any atom is -0.340 e. The van der Waals surface area contributed by atoms with Crippen LogP contribution in [0.2, 0.25) is 0 Å². The Kier molecular flexibility index (Phi) is 4.12. The van der Waals surface area contributed by atoms with E-state index in [2.05, 4.69) is 13.8 Å². The molecule has 154 valence electrons. The largest absolute Gasteiger partial charge is 0.340 e. The number of rotatable bonds is 3. The van der Waals surface area contributed by atoms with E-state index < -0.39 is 10.0 Å². The van der Waals surface area contributed by atoms with Crippen molar-refractivity contribution >= 4 is 27.3 Å². The Morgan fingerprint density at radius 3 is 2.21 bits per heavy atom. The third kappa shape index (κ3) is 2.88. The van der Waals surface area contributed by atoms with Gasteiger partial charge in [-0.15, -0.1) is 11.3 Å². The molecule has 2 unspecified atom stereocenters. The maximum Gasteiger partial charge on any atom is 0.252 e. The summed E-state index contributed by atoms with van der Waals surface area (Å²) in [7, 11) is -3.42. The SMILES string of the molecule is C[C@]12CC3CC(C(=O)N4CCN(S(=O)(=O)c5cccs5)CC4)(C1)C[C@@](C)(C3)C2. The number of thiophene rings is 1. The molecule has 0 aromatic carbocycles. The van der Waals surface area contributed by atoms with Gasteiger partial charge >= 0.3 is 0 Å². The average Bonchev–Trinajstić information content (AvgIpc) is 3.13. The quantitative estimate of drug-likeness (QED) is 0.748. The van der Waals surface area contributed by atoms with E-state index >= 15 is 0 Å². The van der Waals surface area contributed by atoms with Crippen molar-refractivity contribution in [1.29, 1.82) is 0 Å². The first-order valence-corrected chi connectivity index (χ1v) is 12.8. The highest BCUT2D eigenvalue weighted by Gasteiger charge is 2.63. The van der Waals surface area contributed by atoms with Crippen molar-refractivity contribution in [3.8, 4) is 0 Å². The van der Waals surface area contributed by atoms with Crippen LogP contribution in [0.1, 0.15) is 52.4 Å². The van der Waals surface area contributed by atoms with Crippen molar-refractivity contribution < 1.29 is 13.2 Å². The Labute approximate surface area is 172 Å². The molecule has 5 aliphatic rings. The van der Waals surface area contributed by atoms with E-state index in [1.165, 1.54) is 30.6 Å². The highest BCUT2D eigenvalue weighted by molar-refractivity contribution is 7.91. The number of hydrogen-bond acceptors (Lipinski definition) is 4. The first-order chi connectivity index (χ1) is 13.1. The average molecular weight is 423 g/mol. The minimum absolute atomic E-state index is 0.197. The smallest absolute Gasteiger partial charge is 0.252 e. The predicted octanol–water partition coefficient (Wildman–Crippen LogP) is 3.58. The summed E-state index contributed by atoms with van der Waals surface area (Å²) < 4.78 is 27.5. The molecule has 1 aromatic heterocycles. The van der Waals surface area contributed by atoms with E-state index in [0.29, 0.717) is 53.0 Å². The van der Waals surface area contributed by atoms with Gasteiger partial charge in [-0.3, -0.25) is 4.79 Å². The number of sulfonamides is 1. The molecule has 2 heterocycles. The summed E-state index contributed by atoms with van der Waals surface area (Å²) >= 11 is 1.26. The Morgan fingerprint density at radius 2 is 1.68 bits per heavy atom. The van der Waals surface area contributed by atoms with Crippen molar-refractivity contribution in [3.05, 3.63) is 17.5 Å². The predicted molar refractivity (Wildman–Crippen MR) is 109 cm³/mol. The van der Waals surface area contributed by atoms with Crippen molar-refractivity contribution in [1.82, 2.24) is 9.21 Å². The van der Waals surface area contributed by atoms with Crippen molar-refractivity contribution in [2.24, 2.45) is 22.2 Å². The van der Waals surface area contributed by atoms with Gasteiger partial charge in [0.2, 0.25) is 5.91 Å². The van der Waals surface area contributed by atoms with E-state index in [-0.39, 0.29) is 5.41 Å². The van der Waals surface area contributed by atoms with Gasteiger partial charge in [-0.2, -0.15) is 4.31 Å². The molecule has 0 N–H and O–H groups in total. The maximum absolute atomic E-state index is 13.7. The van der Waals surface area contributed by atoms with Gasteiger partial charge in [0.1, 0.15) is 4.21 Å². The summed E-state index contributed by atoms with van der Waals surface area (Å²) in [5, 5.41) is 1.79. The van der Waals surface area contributed by atoms with Crippen LogP contribution in [0.5, 0.6) is 0 Å². The second kappa shape index (κ2) is 6.05. The lowest BCUT2D eigenvalue weighted by Gasteiger charge is -2.65. The van der Waals surface area contributed by atoms with Gasteiger partial charge in [0.25, 0.3) is 10.0 Å². The Hall–Kier alpha value is -0.920. The van der Waals surface area contributed by atoms with Crippen LogP contribution in [0.15, 0.2) is 21.7 Å². The zero-order chi connectivity index (χ0) is 19.8. The molecule has 1 aliphatic heterocycles. The molecule has 1 aromatic rings. The second-order valence-corrected chi connectivity index (χ2v) is 13.7. The van der Waals surface area contributed by atoms with E-state index in [4.69, 9.17) is 0 Å².